The van der Waals surface area contributed by atoms with Crippen LogP contribution in [0.5, 0.6) is 0 Å². The molecular weight excluding hydrogens is 270 g/mol. The van der Waals surface area contributed by atoms with Crippen LogP contribution in [0.2, 0.25) is 0 Å². The number of imide groups is 1. The van der Waals surface area contributed by atoms with E-state index < -0.39 is 0 Å². The Morgan fingerprint density at radius 3 is 3.00 bits per heavy atom. The predicted octanol–water partition coefficient (Wildman–Crippen LogP) is 0.209. The van der Waals surface area contributed by atoms with E-state index in [4.69, 9.17) is 4.74 Å². The molecule has 0 saturated carbocycles. The summed E-state index contributed by atoms with van der Waals surface area (Å²) in [6, 6.07) is -0.349. The molecule has 1 aromatic rings. The predicted molar refractivity (Wildman–Crippen MR) is 68.9 cm³/mol. The number of aromatic nitrogens is 2. The SMILES string of the molecule is COC(C)c1nsc(NCCN2C(=O)CNC2=O)n1. The van der Waals surface area contributed by atoms with E-state index in [0.29, 0.717) is 24.0 Å². The highest BCUT2D eigenvalue weighted by Gasteiger charge is 2.27. The summed E-state index contributed by atoms with van der Waals surface area (Å²) in [5.41, 5.74) is 0. The molecule has 2 rings (SSSR count). The minimum absolute atomic E-state index is 0.0765. The molecule has 104 valence electrons. The minimum atomic E-state index is -0.349. The lowest BCUT2D eigenvalue weighted by Crippen LogP contribution is -2.35. The van der Waals surface area contributed by atoms with Crippen molar-refractivity contribution < 1.29 is 14.3 Å². The fourth-order valence-electron chi connectivity index (χ4n) is 1.53. The quantitative estimate of drug-likeness (QED) is 0.725. The summed E-state index contributed by atoms with van der Waals surface area (Å²) in [4.78, 5) is 28.0. The fourth-order valence-corrected chi connectivity index (χ4v) is 2.20. The largest absolute Gasteiger partial charge is 0.374 e. The van der Waals surface area contributed by atoms with E-state index >= 15 is 0 Å². The zero-order valence-corrected chi connectivity index (χ0v) is 11.5. The van der Waals surface area contributed by atoms with Crippen LogP contribution in [0.1, 0.15) is 18.9 Å². The molecule has 1 fully saturated rings. The van der Waals surface area contributed by atoms with Gasteiger partial charge >= 0.3 is 6.03 Å². The van der Waals surface area contributed by atoms with Crippen molar-refractivity contribution in [2.24, 2.45) is 0 Å². The maximum Gasteiger partial charge on any atom is 0.324 e. The fraction of sp³-hybridized carbons (Fsp3) is 0.600. The highest BCUT2D eigenvalue weighted by molar-refractivity contribution is 7.09. The number of urea groups is 1. The highest BCUT2D eigenvalue weighted by Crippen LogP contribution is 2.17. The summed E-state index contributed by atoms with van der Waals surface area (Å²) in [5, 5.41) is 6.13. The van der Waals surface area contributed by atoms with Gasteiger partial charge in [0.2, 0.25) is 11.0 Å². The highest BCUT2D eigenvalue weighted by atomic mass is 32.1. The van der Waals surface area contributed by atoms with Crippen molar-refractivity contribution in [1.29, 1.82) is 0 Å². The molecular formula is C10H15N5O3S. The number of carbonyl (C=O) groups is 2. The summed E-state index contributed by atoms with van der Waals surface area (Å²) >= 11 is 1.22. The second-order valence-corrected chi connectivity index (χ2v) is 4.72. The maximum absolute atomic E-state index is 11.3. The number of methoxy groups -OCH3 is 1. The Morgan fingerprint density at radius 2 is 2.37 bits per heavy atom. The van der Waals surface area contributed by atoms with Crippen LogP contribution in [-0.4, -0.2) is 52.9 Å². The molecule has 1 aromatic heterocycles. The van der Waals surface area contributed by atoms with Crippen molar-refractivity contribution in [1.82, 2.24) is 19.6 Å². The molecule has 1 atom stereocenters. The third kappa shape index (κ3) is 3.18. The van der Waals surface area contributed by atoms with Crippen LogP contribution in [0, 0.1) is 0 Å². The lowest BCUT2D eigenvalue weighted by atomic mass is 10.4. The summed E-state index contributed by atoms with van der Waals surface area (Å²) in [5.74, 6) is 0.405. The van der Waals surface area contributed by atoms with Gasteiger partial charge in [-0.1, -0.05) is 0 Å². The molecule has 3 amide bonds. The molecule has 2 heterocycles. The second kappa shape index (κ2) is 5.93. The zero-order chi connectivity index (χ0) is 13.8. The number of amides is 3. The van der Waals surface area contributed by atoms with Gasteiger partial charge in [-0.2, -0.15) is 4.37 Å². The van der Waals surface area contributed by atoms with E-state index in [-0.39, 0.29) is 24.6 Å². The van der Waals surface area contributed by atoms with Gasteiger partial charge in [-0.05, 0) is 6.92 Å². The van der Waals surface area contributed by atoms with Gasteiger partial charge in [-0.15, -0.1) is 0 Å². The smallest absolute Gasteiger partial charge is 0.324 e. The molecule has 1 aliphatic rings. The van der Waals surface area contributed by atoms with E-state index in [2.05, 4.69) is 20.0 Å². The summed E-state index contributed by atoms with van der Waals surface area (Å²) in [7, 11) is 1.59. The normalized spacial score (nSPS) is 16.6. The van der Waals surface area contributed by atoms with Gasteiger partial charge in [-0.25, -0.2) is 9.78 Å². The number of carbonyl (C=O) groups excluding carboxylic acids is 2. The topological polar surface area (TPSA) is 96.5 Å². The Morgan fingerprint density at radius 1 is 1.58 bits per heavy atom. The molecule has 0 aromatic carbocycles. The second-order valence-electron chi connectivity index (χ2n) is 3.97. The van der Waals surface area contributed by atoms with Crippen LogP contribution in [0.4, 0.5) is 9.93 Å². The number of ether oxygens (including phenoxy) is 1. The van der Waals surface area contributed by atoms with Gasteiger partial charge in [0.25, 0.3) is 0 Å². The van der Waals surface area contributed by atoms with Crippen LogP contribution in [0.25, 0.3) is 0 Å². The van der Waals surface area contributed by atoms with Gasteiger partial charge in [-0.3, -0.25) is 9.69 Å². The first-order valence-corrected chi connectivity index (χ1v) is 6.57. The molecule has 1 unspecified atom stereocenters. The maximum atomic E-state index is 11.3. The molecule has 8 nitrogen and oxygen atoms in total. The Labute approximate surface area is 114 Å². The Bertz CT molecular complexity index is 461. The standard InChI is InChI=1S/C10H15N5O3S/c1-6(18-2)8-13-9(19-14-8)11-3-4-15-7(16)5-12-10(15)17/h6H,3-5H2,1-2H3,(H,12,17)(H,11,13,14). The van der Waals surface area contributed by atoms with E-state index in [9.17, 15) is 9.59 Å². The van der Waals surface area contributed by atoms with Crippen molar-refractivity contribution in [3.8, 4) is 0 Å². The first-order valence-electron chi connectivity index (χ1n) is 5.80. The Kier molecular flexibility index (Phi) is 4.27. The van der Waals surface area contributed by atoms with E-state index in [1.54, 1.807) is 7.11 Å². The average Bonchev–Trinajstić information content (AvgIpc) is 2.99. The van der Waals surface area contributed by atoms with Gasteiger partial charge < -0.3 is 15.4 Å². The summed E-state index contributed by atoms with van der Waals surface area (Å²) in [6.45, 7) is 2.68. The van der Waals surface area contributed by atoms with Crippen LogP contribution >= 0.6 is 11.5 Å². The number of anilines is 1. The van der Waals surface area contributed by atoms with Gasteiger partial charge in [0.1, 0.15) is 6.10 Å². The lowest BCUT2D eigenvalue weighted by molar-refractivity contribution is -0.124. The van der Waals surface area contributed by atoms with Crippen molar-refractivity contribution >= 4 is 28.6 Å². The zero-order valence-electron chi connectivity index (χ0n) is 10.7. The van der Waals surface area contributed by atoms with Crippen molar-refractivity contribution in [2.45, 2.75) is 13.0 Å². The first-order chi connectivity index (χ1) is 9.11. The molecule has 9 heteroatoms. The molecule has 1 aliphatic heterocycles. The number of nitrogens with zero attached hydrogens (tertiary/aromatic N) is 3. The number of hydrogen-bond acceptors (Lipinski definition) is 7. The van der Waals surface area contributed by atoms with Crippen molar-refractivity contribution in [3.63, 3.8) is 0 Å². The van der Waals surface area contributed by atoms with Crippen LogP contribution < -0.4 is 10.6 Å². The minimum Gasteiger partial charge on any atom is -0.374 e. The first kappa shape index (κ1) is 13.7. The van der Waals surface area contributed by atoms with Crippen LogP contribution in [0.15, 0.2) is 0 Å². The van der Waals surface area contributed by atoms with E-state index in [1.807, 2.05) is 6.92 Å². The third-order valence-corrected chi connectivity index (χ3v) is 3.39. The van der Waals surface area contributed by atoms with Crippen LogP contribution in [-0.2, 0) is 9.53 Å². The molecule has 2 N–H and O–H groups in total. The molecule has 0 aliphatic carbocycles. The van der Waals surface area contributed by atoms with Crippen molar-refractivity contribution in [3.05, 3.63) is 5.82 Å². The molecule has 0 radical (unpaired) electrons. The van der Waals surface area contributed by atoms with Crippen LogP contribution in [0.3, 0.4) is 0 Å². The average molecular weight is 285 g/mol. The van der Waals surface area contributed by atoms with E-state index in [1.165, 1.54) is 16.4 Å². The van der Waals surface area contributed by atoms with E-state index in [0.717, 1.165) is 0 Å². The van der Waals surface area contributed by atoms with Gasteiger partial charge in [0.15, 0.2) is 5.82 Å². The van der Waals surface area contributed by atoms with Gasteiger partial charge in [0.05, 0.1) is 6.54 Å². The number of hydrogen-bond donors (Lipinski definition) is 2. The van der Waals surface area contributed by atoms with Crippen molar-refractivity contribution in [2.75, 3.05) is 32.1 Å². The number of rotatable bonds is 6. The molecule has 0 bridgehead atoms. The monoisotopic (exact) mass is 285 g/mol. The summed E-state index contributed by atoms with van der Waals surface area (Å²) in [6.07, 6.45) is -0.155. The molecule has 19 heavy (non-hydrogen) atoms. The Hall–Kier alpha value is -1.74. The third-order valence-electron chi connectivity index (χ3n) is 2.71. The molecule has 1 saturated heterocycles. The number of nitrogens with one attached hydrogen (secondary N) is 2. The summed E-state index contributed by atoms with van der Waals surface area (Å²) < 4.78 is 9.26. The lowest BCUT2D eigenvalue weighted by Gasteiger charge is -2.11. The molecule has 0 spiro atoms. The Balaban J connectivity index is 1.81. The van der Waals surface area contributed by atoms with Gasteiger partial charge in [0, 0.05) is 31.7 Å².